The molecular formula is C30H31F3N6O2. The van der Waals surface area contributed by atoms with Crippen molar-refractivity contribution in [3.63, 3.8) is 0 Å². The van der Waals surface area contributed by atoms with E-state index in [-0.39, 0.29) is 24.4 Å². The fourth-order valence-electron chi connectivity index (χ4n) is 5.15. The van der Waals surface area contributed by atoms with Crippen LogP contribution in [0, 0.1) is 6.92 Å². The number of likely N-dealkylation sites (N-methyl/N-ethyl adjacent to an activating group) is 1. The van der Waals surface area contributed by atoms with Gasteiger partial charge in [0.25, 0.3) is 5.91 Å². The van der Waals surface area contributed by atoms with Crippen molar-refractivity contribution in [1.82, 2.24) is 24.8 Å². The van der Waals surface area contributed by atoms with Crippen LogP contribution in [0.15, 0.2) is 48.7 Å². The molecule has 1 amide bonds. The zero-order valence-electron chi connectivity index (χ0n) is 22.9. The number of nitrogens with one attached hydrogen (secondary N) is 2. The number of benzene rings is 2. The Bertz CT molecular complexity index is 1610. The fourth-order valence-corrected chi connectivity index (χ4v) is 5.15. The third-order valence-corrected chi connectivity index (χ3v) is 7.48. The predicted octanol–water partition coefficient (Wildman–Crippen LogP) is 5.74. The Hall–Kier alpha value is -4.12. The van der Waals surface area contributed by atoms with E-state index in [1.165, 1.54) is 5.56 Å². The summed E-state index contributed by atoms with van der Waals surface area (Å²) in [6, 6.07) is 13.2. The number of imidazole rings is 1. The van der Waals surface area contributed by atoms with Crippen LogP contribution in [0.4, 0.5) is 18.9 Å². The van der Waals surface area contributed by atoms with Gasteiger partial charge in [0.2, 0.25) is 5.88 Å². The SMILES string of the molecule is Cc1cc(-c2cnc3c(NCCC(F)(F)F)cc(Oc4cccc5c4CCN(C)C5)nn23)ccc1C(=O)NC1CC1. The summed E-state index contributed by atoms with van der Waals surface area (Å²) >= 11 is 0. The van der Waals surface area contributed by atoms with Crippen molar-refractivity contribution in [1.29, 1.82) is 0 Å². The maximum Gasteiger partial charge on any atom is 0.390 e. The first-order valence-electron chi connectivity index (χ1n) is 13.7. The molecule has 214 valence electrons. The van der Waals surface area contributed by atoms with Crippen LogP contribution >= 0.6 is 0 Å². The second-order valence-corrected chi connectivity index (χ2v) is 10.8. The van der Waals surface area contributed by atoms with E-state index >= 15 is 0 Å². The van der Waals surface area contributed by atoms with Gasteiger partial charge >= 0.3 is 6.18 Å². The summed E-state index contributed by atoms with van der Waals surface area (Å²) in [6.07, 6.45) is -0.838. The molecule has 2 aromatic heterocycles. The smallest absolute Gasteiger partial charge is 0.390 e. The average Bonchev–Trinajstić information content (AvgIpc) is 3.62. The topological polar surface area (TPSA) is 83.8 Å². The van der Waals surface area contributed by atoms with Crippen molar-refractivity contribution in [2.75, 3.05) is 25.5 Å². The minimum atomic E-state index is -4.29. The van der Waals surface area contributed by atoms with Gasteiger partial charge < -0.3 is 20.3 Å². The van der Waals surface area contributed by atoms with E-state index in [1.54, 1.807) is 22.8 Å². The highest BCUT2D eigenvalue weighted by Gasteiger charge is 2.27. The standard InChI is InChI=1S/C30H31F3N6O2/c1-18-14-19(6-9-22(18)29(40)36-21-7-8-21)25-16-35-28-24(34-12-11-30(31,32)33)15-27(37-39(25)28)41-26-5-3-4-20-17-38(2)13-10-23(20)26/h3-6,9,14-16,21,34H,7-8,10-13,17H2,1-2H3,(H,36,40). The molecule has 4 aromatic rings. The van der Waals surface area contributed by atoms with Crippen molar-refractivity contribution >= 4 is 17.2 Å². The van der Waals surface area contributed by atoms with Crippen molar-refractivity contribution in [2.45, 2.75) is 51.4 Å². The van der Waals surface area contributed by atoms with Crippen LogP contribution in [0.2, 0.25) is 0 Å². The second-order valence-electron chi connectivity index (χ2n) is 10.8. The summed E-state index contributed by atoms with van der Waals surface area (Å²) in [5, 5.41) is 10.6. The molecule has 0 bridgehead atoms. The summed E-state index contributed by atoms with van der Waals surface area (Å²) in [5.74, 6) is 0.806. The Morgan fingerprint density at radius 1 is 1.17 bits per heavy atom. The highest BCUT2D eigenvalue weighted by molar-refractivity contribution is 5.96. The molecule has 2 N–H and O–H groups in total. The lowest BCUT2D eigenvalue weighted by Gasteiger charge is -2.26. The van der Waals surface area contributed by atoms with Crippen LogP contribution in [-0.4, -0.2) is 57.8 Å². The van der Waals surface area contributed by atoms with Crippen molar-refractivity contribution in [2.24, 2.45) is 0 Å². The molecule has 0 atom stereocenters. The number of amides is 1. The average molecular weight is 565 g/mol. The Morgan fingerprint density at radius 2 is 2.00 bits per heavy atom. The molecule has 2 aromatic carbocycles. The zero-order chi connectivity index (χ0) is 28.7. The van der Waals surface area contributed by atoms with Crippen molar-refractivity contribution in [3.05, 3.63) is 70.9 Å². The van der Waals surface area contributed by atoms with Gasteiger partial charge in [-0.15, -0.1) is 5.10 Å². The molecule has 41 heavy (non-hydrogen) atoms. The number of rotatable bonds is 8. The number of aryl methyl sites for hydroxylation is 1. The maximum atomic E-state index is 12.9. The van der Waals surface area contributed by atoms with E-state index in [0.717, 1.165) is 49.0 Å². The molecule has 0 spiro atoms. The van der Waals surface area contributed by atoms with Crippen LogP contribution in [0.25, 0.3) is 16.9 Å². The highest BCUT2D eigenvalue weighted by atomic mass is 19.4. The number of hydrogen-bond donors (Lipinski definition) is 2. The van der Waals surface area contributed by atoms with Gasteiger partial charge in [0, 0.05) is 48.4 Å². The molecule has 11 heteroatoms. The van der Waals surface area contributed by atoms with Gasteiger partial charge in [-0.05, 0) is 62.6 Å². The zero-order valence-corrected chi connectivity index (χ0v) is 22.9. The Kier molecular flexibility index (Phi) is 7.06. The van der Waals surface area contributed by atoms with Crippen LogP contribution in [0.5, 0.6) is 11.6 Å². The second kappa shape index (κ2) is 10.7. The molecule has 1 aliphatic carbocycles. The molecule has 1 aliphatic heterocycles. The molecule has 1 saturated carbocycles. The molecular weight excluding hydrogens is 533 g/mol. The first-order valence-corrected chi connectivity index (χ1v) is 13.7. The lowest BCUT2D eigenvalue weighted by molar-refractivity contribution is -0.131. The molecule has 3 heterocycles. The van der Waals surface area contributed by atoms with Crippen LogP contribution in [0.3, 0.4) is 0 Å². The number of aromatic nitrogens is 3. The number of hydrogen-bond acceptors (Lipinski definition) is 6. The lowest BCUT2D eigenvalue weighted by Crippen LogP contribution is -2.26. The summed E-state index contributed by atoms with van der Waals surface area (Å²) < 4.78 is 46.6. The Morgan fingerprint density at radius 3 is 2.76 bits per heavy atom. The predicted molar refractivity (Wildman–Crippen MR) is 149 cm³/mol. The van der Waals surface area contributed by atoms with Gasteiger partial charge in [0.15, 0.2) is 5.65 Å². The van der Waals surface area contributed by atoms with E-state index < -0.39 is 12.6 Å². The number of alkyl halides is 3. The number of carbonyl (C=O) groups excluding carboxylic acids is 1. The van der Waals surface area contributed by atoms with Crippen LogP contribution in [-0.2, 0) is 13.0 Å². The van der Waals surface area contributed by atoms with E-state index in [0.29, 0.717) is 28.3 Å². The molecule has 2 aliphatic rings. The summed E-state index contributed by atoms with van der Waals surface area (Å²) in [5.41, 5.74) is 5.81. The highest BCUT2D eigenvalue weighted by Crippen LogP contribution is 2.34. The maximum absolute atomic E-state index is 12.9. The monoisotopic (exact) mass is 564 g/mol. The van der Waals surface area contributed by atoms with Gasteiger partial charge in [-0.1, -0.05) is 18.2 Å². The molecule has 8 nitrogen and oxygen atoms in total. The number of fused-ring (bicyclic) bond motifs is 2. The number of halogens is 3. The molecule has 6 rings (SSSR count). The molecule has 0 saturated heterocycles. The van der Waals surface area contributed by atoms with E-state index in [9.17, 15) is 18.0 Å². The van der Waals surface area contributed by atoms with E-state index in [1.807, 2.05) is 31.2 Å². The number of nitrogens with zero attached hydrogens (tertiary/aromatic N) is 4. The summed E-state index contributed by atoms with van der Waals surface area (Å²) in [6.45, 7) is 3.26. The largest absolute Gasteiger partial charge is 0.437 e. The number of anilines is 1. The third-order valence-electron chi connectivity index (χ3n) is 7.48. The van der Waals surface area contributed by atoms with Crippen molar-refractivity contribution in [3.8, 4) is 22.9 Å². The normalized spacial score (nSPS) is 15.5. The lowest BCUT2D eigenvalue weighted by atomic mass is 9.99. The van der Waals surface area contributed by atoms with Gasteiger partial charge in [0.1, 0.15) is 5.75 Å². The van der Waals surface area contributed by atoms with E-state index in [4.69, 9.17) is 9.84 Å². The summed E-state index contributed by atoms with van der Waals surface area (Å²) in [4.78, 5) is 19.4. The Labute approximate surface area is 235 Å². The number of ether oxygens (including phenoxy) is 1. The molecule has 1 fully saturated rings. The molecule has 0 unspecified atom stereocenters. The van der Waals surface area contributed by atoms with Gasteiger partial charge in [0.05, 0.1) is 24.0 Å². The molecule has 0 radical (unpaired) electrons. The van der Waals surface area contributed by atoms with Crippen molar-refractivity contribution < 1.29 is 22.7 Å². The quantitative estimate of drug-likeness (QED) is 0.284. The van der Waals surface area contributed by atoms with Gasteiger partial charge in [-0.2, -0.15) is 13.2 Å². The minimum absolute atomic E-state index is 0.1000. The third kappa shape index (κ3) is 6.00. The fraction of sp³-hybridized carbons (Fsp3) is 0.367. The first-order chi connectivity index (χ1) is 19.6. The number of carbonyl (C=O) groups is 1. The van der Waals surface area contributed by atoms with Crippen LogP contribution < -0.4 is 15.4 Å². The Balaban J connectivity index is 1.37. The summed E-state index contributed by atoms with van der Waals surface area (Å²) in [7, 11) is 2.07. The first kappa shape index (κ1) is 27.1. The van der Waals surface area contributed by atoms with E-state index in [2.05, 4.69) is 33.6 Å². The van der Waals surface area contributed by atoms with Gasteiger partial charge in [-0.3, -0.25) is 4.79 Å². The van der Waals surface area contributed by atoms with Crippen LogP contribution in [0.1, 0.15) is 46.3 Å². The van der Waals surface area contributed by atoms with Gasteiger partial charge in [-0.25, -0.2) is 9.50 Å². The minimum Gasteiger partial charge on any atom is -0.437 e.